The molecule has 4 saturated carbocycles. The topological polar surface area (TPSA) is 321 Å². The first-order valence-electron chi connectivity index (χ1n) is 26.3. The number of carboxylic acids is 1. The zero-order valence-corrected chi connectivity index (χ0v) is 43.9. The molecular formula is C53H84O20. The van der Waals surface area contributed by atoms with Crippen LogP contribution in [0.3, 0.4) is 0 Å². The van der Waals surface area contributed by atoms with Gasteiger partial charge >= 0.3 is 11.9 Å². The van der Waals surface area contributed by atoms with Crippen molar-refractivity contribution in [2.75, 3.05) is 13.2 Å². The van der Waals surface area contributed by atoms with Crippen LogP contribution in [0.4, 0.5) is 0 Å². The third kappa shape index (κ3) is 9.19. The van der Waals surface area contributed by atoms with Gasteiger partial charge in [0, 0.05) is 5.57 Å². The number of aliphatic hydroxyl groups excluding tert-OH is 10. The van der Waals surface area contributed by atoms with Gasteiger partial charge in [-0.25, -0.2) is 9.59 Å². The lowest BCUT2D eigenvalue weighted by atomic mass is 9.33. The van der Waals surface area contributed by atoms with E-state index < -0.39 is 145 Å². The molecule has 3 aliphatic heterocycles. The number of carbonyl (C=O) groups excluding carboxylic acids is 1. The Hall–Kier alpha value is -2.22. The highest BCUT2D eigenvalue weighted by Gasteiger charge is 2.72. The van der Waals surface area contributed by atoms with E-state index in [1.165, 1.54) is 12.5 Å². The fourth-order valence-corrected chi connectivity index (χ4v) is 15.9. The summed E-state index contributed by atoms with van der Waals surface area (Å²) in [6.07, 6.45) is -20.2. The molecule has 7 fully saturated rings. The van der Waals surface area contributed by atoms with Crippen LogP contribution in [0, 0.1) is 50.2 Å². The first kappa shape index (κ1) is 57.0. The van der Waals surface area contributed by atoms with E-state index in [2.05, 4.69) is 54.5 Å². The third-order valence-corrected chi connectivity index (χ3v) is 20.3. The zero-order valence-electron chi connectivity index (χ0n) is 43.9. The van der Waals surface area contributed by atoms with Crippen molar-refractivity contribution in [3.05, 3.63) is 23.3 Å². The quantitative estimate of drug-likeness (QED) is 0.0599. The second-order valence-electron chi connectivity index (χ2n) is 25.1. The van der Waals surface area contributed by atoms with Gasteiger partial charge < -0.3 is 89.3 Å². The van der Waals surface area contributed by atoms with Crippen molar-refractivity contribution in [1.82, 2.24) is 0 Å². The van der Waals surface area contributed by atoms with Crippen LogP contribution in [0.5, 0.6) is 0 Å². The Morgan fingerprint density at radius 3 is 2.04 bits per heavy atom. The molecule has 3 heterocycles. The van der Waals surface area contributed by atoms with Crippen molar-refractivity contribution in [3.8, 4) is 0 Å². The number of esters is 1. The maximum absolute atomic E-state index is 13.1. The van der Waals surface area contributed by atoms with Crippen molar-refractivity contribution in [1.29, 1.82) is 0 Å². The van der Waals surface area contributed by atoms with Gasteiger partial charge in [-0.15, -0.1) is 0 Å². The molecule has 3 saturated heterocycles. The summed E-state index contributed by atoms with van der Waals surface area (Å²) in [4.78, 5) is 26.0. The molecule has 25 unspecified atom stereocenters. The van der Waals surface area contributed by atoms with Crippen LogP contribution in [-0.4, -0.2) is 192 Å². The molecule has 0 aromatic rings. The van der Waals surface area contributed by atoms with E-state index in [1.807, 2.05) is 0 Å². The normalized spacial score (nSPS) is 51.6. The Balaban J connectivity index is 1.11. The van der Waals surface area contributed by atoms with Crippen molar-refractivity contribution in [3.63, 3.8) is 0 Å². The van der Waals surface area contributed by atoms with Gasteiger partial charge in [0.05, 0.1) is 36.4 Å². The highest BCUT2D eigenvalue weighted by molar-refractivity contribution is 5.87. The van der Waals surface area contributed by atoms with E-state index in [-0.39, 0.29) is 40.6 Å². The molecule has 25 atom stereocenters. The fraction of sp³-hybridized carbons (Fsp3) is 0.887. The number of rotatable bonds is 11. The Kier molecular flexibility index (Phi) is 15.8. The van der Waals surface area contributed by atoms with Crippen LogP contribution in [0.2, 0.25) is 0 Å². The van der Waals surface area contributed by atoms with Gasteiger partial charge in [0.25, 0.3) is 0 Å². The smallest absolute Gasteiger partial charge is 0.335 e. The van der Waals surface area contributed by atoms with Crippen LogP contribution in [0.15, 0.2) is 23.3 Å². The predicted molar refractivity (Wildman–Crippen MR) is 255 cm³/mol. The second kappa shape index (κ2) is 20.2. The lowest BCUT2D eigenvalue weighted by Gasteiger charge is -2.72. The molecule has 5 aliphatic carbocycles. The molecule has 73 heavy (non-hydrogen) atoms. The van der Waals surface area contributed by atoms with E-state index in [1.54, 1.807) is 19.9 Å². The van der Waals surface area contributed by atoms with E-state index in [9.17, 15) is 65.8 Å². The lowest BCUT2D eigenvalue weighted by molar-refractivity contribution is -0.383. The largest absolute Gasteiger partial charge is 0.479 e. The summed E-state index contributed by atoms with van der Waals surface area (Å²) >= 11 is 0. The van der Waals surface area contributed by atoms with Gasteiger partial charge in [0.15, 0.2) is 25.0 Å². The number of aliphatic carboxylic acids is 1. The monoisotopic (exact) mass is 1040 g/mol. The van der Waals surface area contributed by atoms with Crippen LogP contribution >= 0.6 is 0 Å². The summed E-state index contributed by atoms with van der Waals surface area (Å²) < 4.78 is 42.6. The first-order valence-corrected chi connectivity index (χ1v) is 26.3. The Morgan fingerprint density at radius 2 is 1.40 bits per heavy atom. The van der Waals surface area contributed by atoms with Crippen LogP contribution < -0.4 is 0 Å². The Morgan fingerprint density at radius 1 is 0.726 bits per heavy atom. The molecule has 8 aliphatic rings. The minimum atomic E-state index is -2.09. The Labute approximate surface area is 427 Å². The zero-order chi connectivity index (χ0) is 53.9. The third-order valence-electron chi connectivity index (χ3n) is 20.3. The summed E-state index contributed by atoms with van der Waals surface area (Å²) in [5.41, 5.74) is -1.52. The van der Waals surface area contributed by atoms with E-state index in [0.29, 0.717) is 37.7 Å². The number of hydrogen-bond acceptors (Lipinski definition) is 19. The maximum Gasteiger partial charge on any atom is 0.335 e. The molecule has 0 bridgehead atoms. The summed E-state index contributed by atoms with van der Waals surface area (Å²) in [5, 5.41) is 122. The molecular weight excluding hydrogens is 957 g/mol. The molecule has 0 aromatic heterocycles. The molecule has 11 N–H and O–H groups in total. The molecule has 8 rings (SSSR count). The highest BCUT2D eigenvalue weighted by atomic mass is 16.8. The van der Waals surface area contributed by atoms with E-state index in [4.69, 9.17) is 33.2 Å². The maximum atomic E-state index is 13.1. The molecule has 416 valence electrons. The molecule has 0 amide bonds. The van der Waals surface area contributed by atoms with Crippen LogP contribution in [0.25, 0.3) is 0 Å². The van der Waals surface area contributed by atoms with Crippen molar-refractivity contribution in [2.45, 2.75) is 231 Å². The minimum absolute atomic E-state index is 0.00675. The molecule has 20 heteroatoms. The fourth-order valence-electron chi connectivity index (χ4n) is 15.9. The SMILES string of the molecule is CC=C(C)C(=O)OCC12C(O)CC(C)(C)CC1C1=CCC3C4(C)CCC(OC5OC(C(=O)O)C(O)C(OC6OC(C)C(O)C(O)C6O)C5OC5C(CO)OC(O)C(O)C5O)C(C)(C)C4CCC3(C)C1(C)CC2O. The standard InChI is InChI=1S/C53H84O20/c1-11-23(2)44(65)67-22-53-26(18-48(4,5)19-30(53)55)25-12-13-29-50(8)16-15-32(49(6,7)28(50)14-17-51(29,9)52(25,10)20-31(53)56)70-47-42(71-39-27(21-54)69-45(66)36(60)35(39)59)40(38(62)41(73-47)43(63)64)72-46-37(61)34(58)33(57)24(3)68-46/h11-12,24,26-42,45-47,54-62,66H,13-22H2,1-10H3,(H,63,64). The number of fused-ring (bicyclic) bond motifs is 7. The van der Waals surface area contributed by atoms with Crippen LogP contribution in [0.1, 0.15) is 121 Å². The van der Waals surface area contributed by atoms with Crippen LogP contribution in [-0.2, 0) is 42.7 Å². The number of aliphatic hydroxyl groups is 10. The number of allylic oxidation sites excluding steroid dienone is 3. The number of ether oxygens (including phenoxy) is 7. The Bertz CT molecular complexity index is 2100. The number of carbonyl (C=O) groups is 2. The van der Waals surface area contributed by atoms with Gasteiger partial charge in [-0.2, -0.15) is 0 Å². The number of hydrogen-bond donors (Lipinski definition) is 11. The minimum Gasteiger partial charge on any atom is -0.479 e. The summed E-state index contributed by atoms with van der Waals surface area (Å²) in [6, 6.07) is 0. The number of carboxylic acid groups (broad SMARTS) is 1. The van der Waals surface area contributed by atoms with Gasteiger partial charge in [0.1, 0.15) is 67.6 Å². The summed E-state index contributed by atoms with van der Waals surface area (Å²) in [7, 11) is 0. The van der Waals surface area contributed by atoms with Gasteiger partial charge in [-0.05, 0) is 117 Å². The van der Waals surface area contributed by atoms with Gasteiger partial charge in [0.2, 0.25) is 0 Å². The molecule has 0 spiro atoms. The summed E-state index contributed by atoms with van der Waals surface area (Å²) in [6.45, 7) is 19.3. The van der Waals surface area contributed by atoms with Crippen molar-refractivity contribution >= 4 is 11.9 Å². The van der Waals surface area contributed by atoms with Gasteiger partial charge in [-0.1, -0.05) is 66.2 Å². The first-order chi connectivity index (χ1) is 33.9. The average Bonchev–Trinajstić information content (AvgIpc) is 3.31. The average molecular weight is 1040 g/mol. The molecule has 0 radical (unpaired) electrons. The van der Waals surface area contributed by atoms with Crippen molar-refractivity contribution in [2.24, 2.45) is 50.2 Å². The van der Waals surface area contributed by atoms with Crippen molar-refractivity contribution < 1.29 is 98.9 Å². The predicted octanol–water partition coefficient (Wildman–Crippen LogP) is 1.19. The molecule has 0 aromatic carbocycles. The second-order valence-corrected chi connectivity index (χ2v) is 25.1. The lowest BCUT2D eigenvalue weighted by Crippen LogP contribution is -2.70. The molecule has 20 nitrogen and oxygen atoms in total. The highest BCUT2D eigenvalue weighted by Crippen LogP contribution is 2.76. The van der Waals surface area contributed by atoms with Gasteiger partial charge in [-0.3, -0.25) is 0 Å². The van der Waals surface area contributed by atoms with E-state index >= 15 is 0 Å². The summed E-state index contributed by atoms with van der Waals surface area (Å²) in [5.74, 6) is -2.25. The van der Waals surface area contributed by atoms with E-state index in [0.717, 1.165) is 19.3 Å².